The third-order valence-corrected chi connectivity index (χ3v) is 6.08. The summed E-state index contributed by atoms with van der Waals surface area (Å²) in [4.78, 5) is 20.0. The summed E-state index contributed by atoms with van der Waals surface area (Å²) in [5.41, 5.74) is 5.24. The molecule has 0 atom stereocenters. The van der Waals surface area contributed by atoms with Crippen molar-refractivity contribution in [3.8, 4) is 11.3 Å². The molecule has 162 valence electrons. The predicted octanol–water partition coefficient (Wildman–Crippen LogP) is 4.10. The first kappa shape index (κ1) is 20.4. The van der Waals surface area contributed by atoms with E-state index in [1.165, 1.54) is 5.56 Å². The molecule has 1 fully saturated rings. The summed E-state index contributed by atoms with van der Waals surface area (Å²) in [6, 6.07) is 24.5. The van der Waals surface area contributed by atoms with Crippen LogP contribution in [0.25, 0.3) is 16.9 Å². The first-order valence-electron chi connectivity index (χ1n) is 11.2. The normalized spacial score (nSPS) is 15.2. The fourth-order valence-electron chi connectivity index (χ4n) is 4.33. The number of rotatable bonds is 5. The van der Waals surface area contributed by atoms with Gasteiger partial charge >= 0.3 is 0 Å². The molecule has 0 spiro atoms. The third kappa shape index (κ3) is 4.41. The zero-order valence-corrected chi connectivity index (χ0v) is 18.2. The van der Waals surface area contributed by atoms with E-state index in [2.05, 4.69) is 44.6 Å². The number of likely N-dealkylation sites (tertiary alicyclic amines) is 1. The number of aryl methyl sites for hydroxylation is 1. The number of hydrogen-bond acceptors (Lipinski definition) is 4. The molecular formula is C26H27N5O. The topological polar surface area (TPSA) is 62.5 Å². The fourth-order valence-corrected chi connectivity index (χ4v) is 4.33. The van der Waals surface area contributed by atoms with Gasteiger partial charge in [-0.1, -0.05) is 60.7 Å². The zero-order valence-electron chi connectivity index (χ0n) is 18.2. The van der Waals surface area contributed by atoms with Gasteiger partial charge in [-0.3, -0.25) is 9.69 Å². The van der Waals surface area contributed by atoms with E-state index < -0.39 is 0 Å². The minimum absolute atomic E-state index is 0.112. The first-order chi connectivity index (χ1) is 15.7. The number of piperidine rings is 1. The van der Waals surface area contributed by atoms with Crippen LogP contribution < -0.4 is 5.32 Å². The van der Waals surface area contributed by atoms with Gasteiger partial charge in [-0.15, -0.1) is 0 Å². The molecule has 1 aliphatic rings. The Morgan fingerprint density at radius 2 is 1.69 bits per heavy atom. The van der Waals surface area contributed by atoms with Crippen LogP contribution in [-0.4, -0.2) is 44.5 Å². The summed E-state index contributed by atoms with van der Waals surface area (Å²) < 4.78 is 1.79. The summed E-state index contributed by atoms with van der Waals surface area (Å²) >= 11 is 0. The van der Waals surface area contributed by atoms with Gasteiger partial charge in [-0.05, 0) is 31.4 Å². The van der Waals surface area contributed by atoms with Crippen LogP contribution in [0, 0.1) is 6.92 Å². The monoisotopic (exact) mass is 425 g/mol. The summed E-state index contributed by atoms with van der Waals surface area (Å²) in [6.45, 7) is 4.88. The highest BCUT2D eigenvalue weighted by Crippen LogP contribution is 2.20. The third-order valence-electron chi connectivity index (χ3n) is 6.08. The largest absolute Gasteiger partial charge is 0.348 e. The van der Waals surface area contributed by atoms with E-state index in [9.17, 15) is 4.79 Å². The molecule has 0 radical (unpaired) electrons. The molecule has 0 aliphatic carbocycles. The molecule has 32 heavy (non-hydrogen) atoms. The van der Waals surface area contributed by atoms with Gasteiger partial charge in [0.1, 0.15) is 5.69 Å². The predicted molar refractivity (Wildman–Crippen MR) is 125 cm³/mol. The lowest BCUT2D eigenvalue weighted by Gasteiger charge is -2.32. The highest BCUT2D eigenvalue weighted by Gasteiger charge is 2.22. The lowest BCUT2D eigenvalue weighted by Crippen LogP contribution is -2.44. The Morgan fingerprint density at radius 1 is 1.00 bits per heavy atom. The molecule has 1 aliphatic heterocycles. The van der Waals surface area contributed by atoms with Crippen molar-refractivity contribution in [2.75, 3.05) is 13.1 Å². The summed E-state index contributed by atoms with van der Waals surface area (Å²) in [5.74, 6) is -0.112. The molecule has 2 aromatic heterocycles. The Balaban J connectivity index is 1.24. The molecule has 4 aromatic rings. The van der Waals surface area contributed by atoms with E-state index >= 15 is 0 Å². The van der Waals surface area contributed by atoms with Crippen LogP contribution in [0.1, 0.15) is 34.6 Å². The van der Waals surface area contributed by atoms with Gasteiger partial charge in [-0.2, -0.15) is 5.10 Å². The zero-order chi connectivity index (χ0) is 21.9. The minimum atomic E-state index is -0.112. The van der Waals surface area contributed by atoms with Crippen LogP contribution in [0.2, 0.25) is 0 Å². The molecule has 1 saturated heterocycles. The van der Waals surface area contributed by atoms with Gasteiger partial charge < -0.3 is 5.32 Å². The van der Waals surface area contributed by atoms with Crippen molar-refractivity contribution in [1.29, 1.82) is 0 Å². The maximum atomic E-state index is 12.9. The number of aromatic nitrogens is 3. The Bertz CT molecular complexity index is 1210. The molecule has 6 nitrogen and oxygen atoms in total. The average Bonchev–Trinajstić information content (AvgIpc) is 3.27. The minimum Gasteiger partial charge on any atom is -0.348 e. The van der Waals surface area contributed by atoms with Gasteiger partial charge in [0.15, 0.2) is 5.65 Å². The van der Waals surface area contributed by atoms with Gasteiger partial charge in [0.25, 0.3) is 5.91 Å². The van der Waals surface area contributed by atoms with Crippen molar-refractivity contribution < 1.29 is 4.79 Å². The van der Waals surface area contributed by atoms with E-state index in [1.807, 2.05) is 55.5 Å². The van der Waals surface area contributed by atoms with Crippen molar-refractivity contribution in [3.63, 3.8) is 0 Å². The molecule has 0 bridgehead atoms. The van der Waals surface area contributed by atoms with E-state index in [0.717, 1.165) is 49.4 Å². The van der Waals surface area contributed by atoms with Crippen LogP contribution in [0.3, 0.4) is 0 Å². The highest BCUT2D eigenvalue weighted by molar-refractivity contribution is 5.93. The second-order valence-corrected chi connectivity index (χ2v) is 8.46. The molecule has 0 saturated carbocycles. The molecule has 5 rings (SSSR count). The molecule has 0 unspecified atom stereocenters. The lowest BCUT2D eigenvalue weighted by atomic mass is 10.0. The molecular weight excluding hydrogens is 398 g/mol. The Morgan fingerprint density at radius 3 is 2.41 bits per heavy atom. The first-order valence-corrected chi connectivity index (χ1v) is 11.2. The van der Waals surface area contributed by atoms with Crippen molar-refractivity contribution in [2.24, 2.45) is 0 Å². The second-order valence-electron chi connectivity index (χ2n) is 8.46. The SMILES string of the molecule is Cc1cc(C(=O)NC2CCN(Cc3ccccc3)CC2)nc2cc(-c3ccccc3)nn12. The van der Waals surface area contributed by atoms with Gasteiger partial charge in [-0.25, -0.2) is 9.50 Å². The molecule has 1 N–H and O–H groups in total. The van der Waals surface area contributed by atoms with Crippen molar-refractivity contribution in [2.45, 2.75) is 32.4 Å². The Kier molecular flexibility index (Phi) is 5.69. The number of nitrogens with one attached hydrogen (secondary N) is 1. The smallest absolute Gasteiger partial charge is 0.270 e. The van der Waals surface area contributed by atoms with Gasteiger partial charge in [0.2, 0.25) is 0 Å². The number of carbonyl (C=O) groups is 1. The molecule has 6 heteroatoms. The number of benzene rings is 2. The molecule has 3 heterocycles. The number of hydrogen-bond donors (Lipinski definition) is 1. The Hall–Kier alpha value is -3.51. The highest BCUT2D eigenvalue weighted by atomic mass is 16.1. The van der Waals surface area contributed by atoms with Crippen LogP contribution in [0.15, 0.2) is 72.8 Å². The average molecular weight is 426 g/mol. The maximum absolute atomic E-state index is 12.9. The second kappa shape index (κ2) is 8.93. The Labute approximate surface area is 187 Å². The van der Waals surface area contributed by atoms with E-state index in [4.69, 9.17) is 0 Å². The van der Waals surface area contributed by atoms with E-state index in [-0.39, 0.29) is 11.9 Å². The van der Waals surface area contributed by atoms with Gasteiger partial charge in [0, 0.05) is 43.0 Å². The van der Waals surface area contributed by atoms with Crippen LogP contribution >= 0.6 is 0 Å². The van der Waals surface area contributed by atoms with Crippen LogP contribution in [0.5, 0.6) is 0 Å². The number of nitrogens with zero attached hydrogens (tertiary/aromatic N) is 4. The van der Waals surface area contributed by atoms with E-state index in [1.54, 1.807) is 4.52 Å². The maximum Gasteiger partial charge on any atom is 0.270 e. The van der Waals surface area contributed by atoms with E-state index in [0.29, 0.717) is 11.3 Å². The fraction of sp³-hybridized carbons (Fsp3) is 0.269. The summed E-state index contributed by atoms with van der Waals surface area (Å²) in [7, 11) is 0. The van der Waals surface area contributed by atoms with Crippen molar-refractivity contribution in [3.05, 3.63) is 89.7 Å². The lowest BCUT2D eigenvalue weighted by molar-refractivity contribution is 0.0904. The van der Waals surface area contributed by atoms with Crippen LogP contribution in [0.4, 0.5) is 0 Å². The quantitative estimate of drug-likeness (QED) is 0.523. The summed E-state index contributed by atoms with van der Waals surface area (Å²) in [6.07, 6.45) is 1.90. The number of carbonyl (C=O) groups excluding carboxylic acids is 1. The molecule has 2 aromatic carbocycles. The number of fused-ring (bicyclic) bond motifs is 1. The van der Waals surface area contributed by atoms with Crippen molar-refractivity contribution in [1.82, 2.24) is 24.8 Å². The standard InChI is InChI=1S/C26H27N5O/c1-19-16-24(28-25-17-23(29-31(19)25)21-10-6-3-7-11-21)26(32)27-22-12-14-30(15-13-22)18-20-8-4-2-5-9-20/h2-11,16-17,22H,12-15,18H2,1H3,(H,27,32). The van der Waals surface area contributed by atoms with Crippen LogP contribution in [-0.2, 0) is 6.54 Å². The van der Waals surface area contributed by atoms with Crippen molar-refractivity contribution >= 4 is 11.6 Å². The molecule has 1 amide bonds. The number of amides is 1. The summed E-state index contributed by atoms with van der Waals surface area (Å²) in [5, 5.41) is 7.85. The van der Waals surface area contributed by atoms with Gasteiger partial charge in [0.05, 0.1) is 5.69 Å².